The summed E-state index contributed by atoms with van der Waals surface area (Å²) >= 11 is 0. The van der Waals surface area contributed by atoms with Crippen molar-refractivity contribution in [1.29, 1.82) is 0 Å². The molecule has 0 saturated heterocycles. The Morgan fingerprint density at radius 1 is 0.931 bits per heavy atom. The smallest absolute Gasteiger partial charge is 0.262 e. The van der Waals surface area contributed by atoms with Gasteiger partial charge in [-0.05, 0) is 37.7 Å². The van der Waals surface area contributed by atoms with Crippen molar-refractivity contribution in [3.05, 3.63) is 71.3 Å². The highest BCUT2D eigenvalue weighted by Gasteiger charge is 2.43. The van der Waals surface area contributed by atoms with E-state index >= 15 is 0 Å². The van der Waals surface area contributed by atoms with Crippen LogP contribution in [0.3, 0.4) is 0 Å². The van der Waals surface area contributed by atoms with Crippen LogP contribution in [-0.4, -0.2) is 54.2 Å². The molecule has 2 aromatic rings. The molecule has 29 heavy (non-hydrogen) atoms. The molecule has 6 heteroatoms. The lowest BCUT2D eigenvalue weighted by atomic mass is 10.0. The van der Waals surface area contributed by atoms with Gasteiger partial charge in [-0.15, -0.1) is 0 Å². The Bertz CT molecular complexity index is 874. The van der Waals surface area contributed by atoms with Gasteiger partial charge < -0.3 is 10.2 Å². The van der Waals surface area contributed by atoms with E-state index in [2.05, 4.69) is 5.32 Å². The number of carbonyl (C=O) groups is 3. The number of amides is 3. The zero-order valence-electron chi connectivity index (χ0n) is 17.3. The highest BCUT2D eigenvalue weighted by Crippen LogP contribution is 2.27. The minimum absolute atomic E-state index is 0.0184. The zero-order chi connectivity index (χ0) is 21.1. The average molecular weight is 393 g/mol. The average Bonchev–Trinajstić information content (AvgIpc) is 2.94. The van der Waals surface area contributed by atoms with E-state index in [0.717, 1.165) is 10.5 Å². The fourth-order valence-corrected chi connectivity index (χ4v) is 3.75. The van der Waals surface area contributed by atoms with Gasteiger partial charge in [0.25, 0.3) is 11.8 Å². The molecule has 0 fully saturated rings. The standard InChI is InChI=1S/C23H27N3O3/c1-15(2)20(26-22(28)17-12-8-9-13-18(17)23(26)29)21(27)24-14-19(25(3)4)16-10-6-5-7-11-16/h5-13,15,19-20H,14H2,1-4H3,(H,24,27)/t19-,20+/m0/s1. The first kappa shape index (κ1) is 20.7. The maximum Gasteiger partial charge on any atom is 0.262 e. The van der Waals surface area contributed by atoms with E-state index in [1.54, 1.807) is 24.3 Å². The van der Waals surface area contributed by atoms with Crippen molar-refractivity contribution in [2.75, 3.05) is 20.6 Å². The molecule has 0 radical (unpaired) electrons. The van der Waals surface area contributed by atoms with Crippen LogP contribution in [0.1, 0.15) is 46.2 Å². The molecule has 2 atom stereocenters. The number of benzene rings is 2. The number of carbonyl (C=O) groups excluding carboxylic acids is 3. The van der Waals surface area contributed by atoms with Crippen molar-refractivity contribution in [3.8, 4) is 0 Å². The van der Waals surface area contributed by atoms with Gasteiger partial charge in [-0.2, -0.15) is 0 Å². The molecule has 0 aromatic heterocycles. The summed E-state index contributed by atoms with van der Waals surface area (Å²) in [6, 6.07) is 15.7. The molecule has 1 heterocycles. The maximum absolute atomic E-state index is 13.1. The van der Waals surface area contributed by atoms with Crippen molar-refractivity contribution in [3.63, 3.8) is 0 Å². The van der Waals surface area contributed by atoms with Crippen LogP contribution in [0.15, 0.2) is 54.6 Å². The minimum atomic E-state index is -0.860. The third-order valence-corrected chi connectivity index (χ3v) is 5.28. The predicted octanol–water partition coefficient (Wildman–Crippen LogP) is 2.73. The molecule has 3 amide bonds. The summed E-state index contributed by atoms with van der Waals surface area (Å²) in [5, 5.41) is 2.96. The van der Waals surface area contributed by atoms with Crippen LogP contribution in [0.5, 0.6) is 0 Å². The number of hydrogen-bond donors (Lipinski definition) is 1. The fraction of sp³-hybridized carbons (Fsp3) is 0.348. The lowest BCUT2D eigenvalue weighted by molar-refractivity contribution is -0.126. The fourth-order valence-electron chi connectivity index (χ4n) is 3.75. The Morgan fingerprint density at radius 2 is 1.45 bits per heavy atom. The van der Waals surface area contributed by atoms with Crippen LogP contribution >= 0.6 is 0 Å². The minimum Gasteiger partial charge on any atom is -0.352 e. The number of nitrogens with one attached hydrogen (secondary N) is 1. The Labute approximate surface area is 171 Å². The highest BCUT2D eigenvalue weighted by molar-refractivity contribution is 6.22. The van der Waals surface area contributed by atoms with Gasteiger partial charge >= 0.3 is 0 Å². The van der Waals surface area contributed by atoms with E-state index < -0.39 is 17.9 Å². The third-order valence-electron chi connectivity index (χ3n) is 5.28. The van der Waals surface area contributed by atoms with Gasteiger partial charge in [0.05, 0.1) is 17.2 Å². The molecule has 6 nitrogen and oxygen atoms in total. The van der Waals surface area contributed by atoms with E-state index in [9.17, 15) is 14.4 Å². The lowest BCUT2D eigenvalue weighted by Gasteiger charge is -2.30. The molecule has 2 aromatic carbocycles. The van der Waals surface area contributed by atoms with E-state index in [-0.39, 0.29) is 17.9 Å². The largest absolute Gasteiger partial charge is 0.352 e. The van der Waals surface area contributed by atoms with Crippen molar-refractivity contribution < 1.29 is 14.4 Å². The monoisotopic (exact) mass is 393 g/mol. The van der Waals surface area contributed by atoms with Crippen LogP contribution in [0.2, 0.25) is 0 Å². The molecular formula is C23H27N3O3. The van der Waals surface area contributed by atoms with Crippen molar-refractivity contribution in [2.45, 2.75) is 25.9 Å². The molecular weight excluding hydrogens is 366 g/mol. The van der Waals surface area contributed by atoms with Crippen molar-refractivity contribution >= 4 is 17.7 Å². The van der Waals surface area contributed by atoms with Gasteiger partial charge in [-0.1, -0.05) is 56.3 Å². The number of imide groups is 1. The van der Waals surface area contributed by atoms with E-state index in [4.69, 9.17) is 0 Å². The van der Waals surface area contributed by atoms with Crippen LogP contribution in [0.4, 0.5) is 0 Å². The van der Waals surface area contributed by atoms with Gasteiger partial charge in [0, 0.05) is 6.54 Å². The van der Waals surface area contributed by atoms with Gasteiger partial charge in [0.2, 0.25) is 5.91 Å². The summed E-state index contributed by atoms with van der Waals surface area (Å²) in [7, 11) is 3.90. The predicted molar refractivity (Wildman–Crippen MR) is 111 cm³/mol. The summed E-state index contributed by atoms with van der Waals surface area (Å²) in [6.07, 6.45) is 0. The SMILES string of the molecule is CC(C)[C@H](C(=O)NC[C@@H](c1ccccc1)N(C)C)N1C(=O)c2ccccc2C1=O. The summed E-state index contributed by atoms with van der Waals surface area (Å²) in [5.41, 5.74) is 1.79. The van der Waals surface area contributed by atoms with Crippen LogP contribution < -0.4 is 5.32 Å². The molecule has 0 spiro atoms. The molecule has 1 N–H and O–H groups in total. The third kappa shape index (κ3) is 4.07. The summed E-state index contributed by atoms with van der Waals surface area (Å²) < 4.78 is 0. The topological polar surface area (TPSA) is 69.7 Å². The Balaban J connectivity index is 1.79. The first-order valence-electron chi connectivity index (χ1n) is 9.79. The first-order valence-corrected chi connectivity index (χ1v) is 9.79. The molecule has 1 aliphatic rings. The highest BCUT2D eigenvalue weighted by atomic mass is 16.2. The van der Waals surface area contributed by atoms with Gasteiger partial charge in [-0.3, -0.25) is 19.3 Å². The second-order valence-electron chi connectivity index (χ2n) is 7.85. The Hall–Kier alpha value is -2.99. The van der Waals surface area contributed by atoms with E-state index in [1.807, 2.05) is 63.2 Å². The Kier molecular flexibility index (Phi) is 6.13. The van der Waals surface area contributed by atoms with Crippen molar-refractivity contribution in [2.24, 2.45) is 5.92 Å². The van der Waals surface area contributed by atoms with Crippen molar-refractivity contribution in [1.82, 2.24) is 15.1 Å². The van der Waals surface area contributed by atoms with Gasteiger partial charge in [-0.25, -0.2) is 0 Å². The summed E-state index contributed by atoms with van der Waals surface area (Å²) in [6.45, 7) is 4.06. The van der Waals surface area contributed by atoms with Crippen LogP contribution in [0, 0.1) is 5.92 Å². The summed E-state index contributed by atoms with van der Waals surface area (Å²) in [4.78, 5) is 41.9. The number of likely N-dealkylation sites (N-methyl/N-ethyl adjacent to an activating group) is 1. The lowest BCUT2D eigenvalue weighted by Crippen LogP contribution is -2.53. The number of fused-ring (bicyclic) bond motifs is 1. The zero-order valence-corrected chi connectivity index (χ0v) is 17.3. The molecule has 1 aliphatic heterocycles. The van der Waals surface area contributed by atoms with Crippen LogP contribution in [-0.2, 0) is 4.79 Å². The molecule has 152 valence electrons. The van der Waals surface area contributed by atoms with Crippen LogP contribution in [0.25, 0.3) is 0 Å². The van der Waals surface area contributed by atoms with Gasteiger partial charge in [0.15, 0.2) is 0 Å². The quantitative estimate of drug-likeness (QED) is 0.735. The summed E-state index contributed by atoms with van der Waals surface area (Å²) in [5.74, 6) is -1.36. The maximum atomic E-state index is 13.1. The second kappa shape index (κ2) is 8.57. The first-order chi connectivity index (χ1) is 13.8. The Morgan fingerprint density at radius 3 is 1.93 bits per heavy atom. The second-order valence-corrected chi connectivity index (χ2v) is 7.85. The number of nitrogens with zero attached hydrogens (tertiary/aromatic N) is 2. The molecule has 3 rings (SSSR count). The van der Waals surface area contributed by atoms with E-state index in [1.165, 1.54) is 0 Å². The van der Waals surface area contributed by atoms with Gasteiger partial charge in [0.1, 0.15) is 6.04 Å². The molecule has 0 aliphatic carbocycles. The molecule has 0 unspecified atom stereocenters. The molecule has 0 saturated carbocycles. The number of hydrogen-bond acceptors (Lipinski definition) is 4. The molecule has 0 bridgehead atoms. The van der Waals surface area contributed by atoms with E-state index in [0.29, 0.717) is 17.7 Å². The normalized spacial score (nSPS) is 15.6. The number of rotatable bonds is 7.